The molecule has 0 saturated carbocycles. The topological polar surface area (TPSA) is 34.1 Å². The zero-order valence-corrected chi connectivity index (χ0v) is 12.2. The summed E-state index contributed by atoms with van der Waals surface area (Å²) in [4.78, 5) is 4.71. The number of nitrogens with zero attached hydrogens (tertiary/aromatic N) is 1. The van der Waals surface area contributed by atoms with Crippen molar-refractivity contribution in [1.29, 1.82) is 0 Å². The van der Waals surface area contributed by atoms with E-state index in [2.05, 4.69) is 38.2 Å². The second-order valence-electron chi connectivity index (χ2n) is 5.03. The number of rotatable bonds is 5. The number of ether oxygens (including phenoxy) is 1. The molecule has 0 atom stereocenters. The highest BCUT2D eigenvalue weighted by molar-refractivity contribution is 5.92. The van der Waals surface area contributed by atoms with Crippen LogP contribution < -0.4 is 10.1 Å². The SMILES string of the molecule is CCCOc1ccc2nc(C(C)C)cc(NC)c2c1. The molecule has 0 aliphatic rings. The number of anilines is 1. The molecule has 102 valence electrons. The number of pyridine rings is 1. The van der Waals surface area contributed by atoms with Crippen LogP contribution in [-0.2, 0) is 0 Å². The van der Waals surface area contributed by atoms with Gasteiger partial charge in [-0.15, -0.1) is 0 Å². The van der Waals surface area contributed by atoms with Gasteiger partial charge in [0.05, 0.1) is 12.1 Å². The molecule has 3 heteroatoms. The van der Waals surface area contributed by atoms with Crippen LogP contribution in [0.5, 0.6) is 5.75 Å². The third-order valence-electron chi connectivity index (χ3n) is 3.13. The summed E-state index contributed by atoms with van der Waals surface area (Å²) < 4.78 is 5.68. The van der Waals surface area contributed by atoms with Gasteiger partial charge in [0.1, 0.15) is 5.75 Å². The Hall–Kier alpha value is -1.77. The van der Waals surface area contributed by atoms with Gasteiger partial charge in [0.15, 0.2) is 0 Å². The summed E-state index contributed by atoms with van der Waals surface area (Å²) >= 11 is 0. The largest absolute Gasteiger partial charge is 0.494 e. The molecule has 1 heterocycles. The summed E-state index contributed by atoms with van der Waals surface area (Å²) in [6, 6.07) is 8.21. The van der Waals surface area contributed by atoms with E-state index in [-0.39, 0.29) is 0 Å². The highest BCUT2D eigenvalue weighted by Crippen LogP contribution is 2.29. The quantitative estimate of drug-likeness (QED) is 0.873. The molecule has 0 spiro atoms. The van der Waals surface area contributed by atoms with Gasteiger partial charge in [0.25, 0.3) is 0 Å². The molecule has 1 aromatic heterocycles. The first kappa shape index (κ1) is 13.7. The highest BCUT2D eigenvalue weighted by atomic mass is 16.5. The third kappa shape index (κ3) is 2.98. The van der Waals surface area contributed by atoms with Crippen molar-refractivity contribution >= 4 is 16.6 Å². The molecule has 2 aromatic rings. The molecule has 0 unspecified atom stereocenters. The van der Waals surface area contributed by atoms with Crippen LogP contribution in [0.4, 0.5) is 5.69 Å². The van der Waals surface area contributed by atoms with Crippen molar-refractivity contribution in [3.63, 3.8) is 0 Å². The molecule has 0 bridgehead atoms. The zero-order chi connectivity index (χ0) is 13.8. The van der Waals surface area contributed by atoms with E-state index in [1.807, 2.05) is 19.2 Å². The Kier molecular flexibility index (Phi) is 4.25. The maximum Gasteiger partial charge on any atom is 0.120 e. The Morgan fingerprint density at radius 1 is 1.26 bits per heavy atom. The summed E-state index contributed by atoms with van der Waals surface area (Å²) in [6.45, 7) is 7.17. The van der Waals surface area contributed by atoms with Gasteiger partial charge >= 0.3 is 0 Å². The minimum absolute atomic E-state index is 0.424. The molecule has 0 aliphatic carbocycles. The van der Waals surface area contributed by atoms with Crippen LogP contribution in [0, 0.1) is 0 Å². The molecule has 0 saturated heterocycles. The van der Waals surface area contributed by atoms with Crippen LogP contribution in [0.2, 0.25) is 0 Å². The van der Waals surface area contributed by atoms with Gasteiger partial charge in [-0.1, -0.05) is 20.8 Å². The normalized spacial score (nSPS) is 11.0. The smallest absolute Gasteiger partial charge is 0.120 e. The van der Waals surface area contributed by atoms with Crippen LogP contribution in [0.1, 0.15) is 38.8 Å². The molecule has 1 aromatic carbocycles. The molecule has 0 aliphatic heterocycles. The number of hydrogen-bond donors (Lipinski definition) is 1. The number of fused-ring (bicyclic) bond motifs is 1. The minimum Gasteiger partial charge on any atom is -0.494 e. The van der Waals surface area contributed by atoms with Gasteiger partial charge in [-0.25, -0.2) is 0 Å². The summed E-state index contributed by atoms with van der Waals surface area (Å²) in [7, 11) is 1.94. The highest BCUT2D eigenvalue weighted by Gasteiger charge is 2.08. The first-order valence-corrected chi connectivity index (χ1v) is 6.91. The van der Waals surface area contributed by atoms with Crippen molar-refractivity contribution < 1.29 is 4.74 Å². The Labute approximate surface area is 115 Å². The fourth-order valence-electron chi connectivity index (χ4n) is 2.04. The van der Waals surface area contributed by atoms with Crippen LogP contribution in [-0.4, -0.2) is 18.6 Å². The van der Waals surface area contributed by atoms with Crippen molar-refractivity contribution in [1.82, 2.24) is 4.98 Å². The Morgan fingerprint density at radius 2 is 2.05 bits per heavy atom. The van der Waals surface area contributed by atoms with E-state index in [9.17, 15) is 0 Å². The summed E-state index contributed by atoms with van der Waals surface area (Å²) in [6.07, 6.45) is 1.02. The first-order chi connectivity index (χ1) is 9.15. The van der Waals surface area contributed by atoms with Gasteiger partial charge in [-0.05, 0) is 36.6 Å². The van der Waals surface area contributed by atoms with Gasteiger partial charge in [0.2, 0.25) is 0 Å². The van der Waals surface area contributed by atoms with Gasteiger partial charge in [-0.3, -0.25) is 4.98 Å². The average Bonchev–Trinajstić information content (AvgIpc) is 2.43. The predicted molar refractivity (Wildman–Crippen MR) is 81.2 cm³/mol. The van der Waals surface area contributed by atoms with Crippen molar-refractivity contribution in [2.24, 2.45) is 0 Å². The summed E-state index contributed by atoms with van der Waals surface area (Å²) in [5.41, 5.74) is 3.23. The molecule has 19 heavy (non-hydrogen) atoms. The molecular weight excluding hydrogens is 236 g/mol. The fourth-order valence-corrected chi connectivity index (χ4v) is 2.04. The third-order valence-corrected chi connectivity index (χ3v) is 3.13. The lowest BCUT2D eigenvalue weighted by Gasteiger charge is -2.13. The van der Waals surface area contributed by atoms with Crippen molar-refractivity contribution in [3.05, 3.63) is 30.0 Å². The first-order valence-electron chi connectivity index (χ1n) is 6.91. The Balaban J connectivity index is 2.49. The lowest BCUT2D eigenvalue weighted by molar-refractivity contribution is 0.318. The molecular formula is C16H22N2O. The fraction of sp³-hybridized carbons (Fsp3) is 0.438. The van der Waals surface area contributed by atoms with E-state index >= 15 is 0 Å². The number of aromatic nitrogens is 1. The number of nitrogens with one attached hydrogen (secondary N) is 1. The van der Waals surface area contributed by atoms with Crippen LogP contribution >= 0.6 is 0 Å². The van der Waals surface area contributed by atoms with Crippen molar-refractivity contribution in [3.8, 4) is 5.75 Å². The lowest BCUT2D eigenvalue weighted by Crippen LogP contribution is -1.99. The molecule has 0 fully saturated rings. The maximum atomic E-state index is 5.68. The Bertz CT molecular complexity index is 564. The van der Waals surface area contributed by atoms with Crippen molar-refractivity contribution in [2.75, 3.05) is 19.0 Å². The molecule has 1 N–H and O–H groups in total. The molecule has 0 radical (unpaired) electrons. The second kappa shape index (κ2) is 5.91. The van der Waals surface area contributed by atoms with E-state index in [4.69, 9.17) is 9.72 Å². The van der Waals surface area contributed by atoms with Crippen molar-refractivity contribution in [2.45, 2.75) is 33.1 Å². The summed E-state index contributed by atoms with van der Waals surface area (Å²) in [5, 5.41) is 4.36. The summed E-state index contributed by atoms with van der Waals surface area (Å²) in [5.74, 6) is 1.33. The monoisotopic (exact) mass is 258 g/mol. The lowest BCUT2D eigenvalue weighted by atomic mass is 10.1. The van der Waals surface area contributed by atoms with E-state index in [0.717, 1.165) is 41.1 Å². The van der Waals surface area contributed by atoms with Gasteiger partial charge < -0.3 is 10.1 Å². The zero-order valence-electron chi connectivity index (χ0n) is 12.2. The van der Waals surface area contributed by atoms with Crippen LogP contribution in [0.3, 0.4) is 0 Å². The van der Waals surface area contributed by atoms with Gasteiger partial charge in [0, 0.05) is 23.8 Å². The van der Waals surface area contributed by atoms with E-state index < -0.39 is 0 Å². The average molecular weight is 258 g/mol. The van der Waals surface area contributed by atoms with E-state index in [1.165, 1.54) is 0 Å². The van der Waals surface area contributed by atoms with Gasteiger partial charge in [-0.2, -0.15) is 0 Å². The molecule has 3 nitrogen and oxygen atoms in total. The predicted octanol–water partition coefficient (Wildman–Crippen LogP) is 4.19. The molecule has 2 rings (SSSR count). The number of hydrogen-bond acceptors (Lipinski definition) is 3. The maximum absolute atomic E-state index is 5.68. The second-order valence-corrected chi connectivity index (χ2v) is 5.03. The van der Waals surface area contributed by atoms with E-state index in [0.29, 0.717) is 5.92 Å². The minimum atomic E-state index is 0.424. The number of benzene rings is 1. The van der Waals surface area contributed by atoms with E-state index in [1.54, 1.807) is 0 Å². The van der Waals surface area contributed by atoms with Crippen LogP contribution in [0.15, 0.2) is 24.3 Å². The Morgan fingerprint density at radius 3 is 2.68 bits per heavy atom. The van der Waals surface area contributed by atoms with Crippen LogP contribution in [0.25, 0.3) is 10.9 Å². The standard InChI is InChI=1S/C16H22N2O/c1-5-8-19-12-6-7-14-13(9-12)16(17-4)10-15(18-14)11(2)3/h6-7,9-11H,5,8H2,1-4H3,(H,17,18). The molecule has 0 amide bonds.